The quantitative estimate of drug-likeness (QED) is 0.139. The third-order valence-corrected chi connectivity index (χ3v) is 13.5. The average Bonchev–Trinajstić information content (AvgIpc) is 3.77. The highest BCUT2D eigenvalue weighted by Crippen LogP contribution is 2.42. The summed E-state index contributed by atoms with van der Waals surface area (Å²) < 4.78 is 0. The van der Waals surface area contributed by atoms with Crippen molar-refractivity contribution in [3.05, 3.63) is 161 Å². The SMILES string of the molecule is Cc1cccnc1C1CCCC(c2ncccc2C)N1CCN1CCN(C(=O)c2ccc(-c3cc4c(-c5cccc(NC(=O)c6ccc(C(C)(C)C)cc6)c5C)ncnc4[nH]3)cc2)CC1. The Hall–Kier alpha value is -6.56. The molecule has 2 N–H and O–H groups in total. The molecule has 7 aromatic rings. The fraction of sp³-hybridized carbons (Fsp3) is 0.333. The Labute approximate surface area is 382 Å². The van der Waals surface area contributed by atoms with E-state index in [0.29, 0.717) is 29.9 Å². The number of likely N-dealkylation sites (tertiary alicyclic amines) is 1. The van der Waals surface area contributed by atoms with E-state index in [4.69, 9.17) is 15.0 Å². The predicted molar refractivity (Wildman–Crippen MR) is 259 cm³/mol. The third kappa shape index (κ3) is 9.21. The fourth-order valence-electron chi connectivity index (χ4n) is 9.71. The van der Waals surface area contributed by atoms with Crippen molar-refractivity contribution in [2.24, 2.45) is 0 Å². The van der Waals surface area contributed by atoms with Crippen LogP contribution in [0.25, 0.3) is 33.5 Å². The second-order valence-corrected chi connectivity index (χ2v) is 18.7. The van der Waals surface area contributed by atoms with Crippen LogP contribution in [0.2, 0.25) is 0 Å². The molecule has 3 aromatic carbocycles. The summed E-state index contributed by atoms with van der Waals surface area (Å²) in [6.07, 6.45) is 8.73. The number of hydrogen-bond acceptors (Lipinski definition) is 8. The van der Waals surface area contributed by atoms with Gasteiger partial charge in [0, 0.05) is 85.1 Å². The van der Waals surface area contributed by atoms with Crippen LogP contribution in [0, 0.1) is 20.8 Å². The number of nitrogens with one attached hydrogen (secondary N) is 2. The van der Waals surface area contributed by atoms with Gasteiger partial charge in [-0.3, -0.25) is 29.4 Å². The number of benzene rings is 3. The number of aryl methyl sites for hydroxylation is 2. The van der Waals surface area contributed by atoms with Crippen LogP contribution in [-0.2, 0) is 5.41 Å². The minimum atomic E-state index is -0.161. The highest BCUT2D eigenvalue weighted by molar-refractivity contribution is 6.05. The Morgan fingerprint density at radius 3 is 2.00 bits per heavy atom. The molecule has 332 valence electrons. The Morgan fingerprint density at radius 2 is 1.37 bits per heavy atom. The number of rotatable bonds is 10. The summed E-state index contributed by atoms with van der Waals surface area (Å²) in [7, 11) is 0. The topological polar surface area (TPSA) is 123 Å². The Balaban J connectivity index is 0.846. The first-order chi connectivity index (χ1) is 31.4. The molecule has 0 saturated carbocycles. The van der Waals surface area contributed by atoms with Gasteiger partial charge in [-0.05, 0) is 122 Å². The molecule has 0 bridgehead atoms. The van der Waals surface area contributed by atoms with Gasteiger partial charge >= 0.3 is 0 Å². The summed E-state index contributed by atoms with van der Waals surface area (Å²) in [4.78, 5) is 56.9. The van der Waals surface area contributed by atoms with E-state index in [0.717, 1.165) is 84.6 Å². The average molecular weight is 866 g/mol. The van der Waals surface area contributed by atoms with Crippen molar-refractivity contribution in [2.75, 3.05) is 44.6 Å². The summed E-state index contributed by atoms with van der Waals surface area (Å²) >= 11 is 0. The highest BCUT2D eigenvalue weighted by Gasteiger charge is 2.36. The number of carbonyl (C=O) groups is 2. The maximum absolute atomic E-state index is 13.9. The van der Waals surface area contributed by atoms with E-state index in [1.54, 1.807) is 6.33 Å². The summed E-state index contributed by atoms with van der Waals surface area (Å²) in [6, 6.07) is 32.4. The number of nitrogens with zero attached hydrogens (tertiary/aromatic N) is 7. The first-order valence-corrected chi connectivity index (χ1v) is 23.0. The van der Waals surface area contributed by atoms with Gasteiger partial charge in [0.2, 0.25) is 0 Å². The van der Waals surface area contributed by atoms with Gasteiger partial charge in [-0.1, -0.05) is 69.3 Å². The molecule has 2 fully saturated rings. The van der Waals surface area contributed by atoms with E-state index in [-0.39, 0.29) is 29.3 Å². The number of anilines is 1. The molecule has 4 aromatic heterocycles. The molecule has 2 aliphatic heterocycles. The van der Waals surface area contributed by atoms with Crippen LogP contribution in [0.3, 0.4) is 0 Å². The lowest BCUT2D eigenvalue weighted by molar-refractivity contribution is 0.0466. The van der Waals surface area contributed by atoms with Gasteiger partial charge in [-0.2, -0.15) is 0 Å². The number of piperazine rings is 1. The lowest BCUT2D eigenvalue weighted by Crippen LogP contribution is -2.51. The molecular weight excluding hydrogens is 807 g/mol. The number of pyridine rings is 2. The van der Waals surface area contributed by atoms with Gasteiger partial charge in [0.15, 0.2) is 0 Å². The second kappa shape index (κ2) is 18.5. The predicted octanol–water partition coefficient (Wildman–Crippen LogP) is 10.3. The van der Waals surface area contributed by atoms with Gasteiger partial charge in [-0.15, -0.1) is 0 Å². The molecule has 6 heterocycles. The minimum Gasteiger partial charge on any atom is -0.339 e. The smallest absolute Gasteiger partial charge is 0.255 e. The van der Waals surface area contributed by atoms with Crippen LogP contribution in [0.15, 0.2) is 116 Å². The number of fused-ring (bicyclic) bond motifs is 1. The maximum atomic E-state index is 13.9. The van der Waals surface area contributed by atoms with Crippen molar-refractivity contribution in [1.29, 1.82) is 0 Å². The molecule has 0 spiro atoms. The Morgan fingerprint density at radius 1 is 0.723 bits per heavy atom. The highest BCUT2D eigenvalue weighted by atomic mass is 16.2. The minimum absolute atomic E-state index is 0.00722. The molecule has 2 amide bonds. The Kier molecular flexibility index (Phi) is 12.4. The number of aromatic amines is 1. The van der Waals surface area contributed by atoms with E-state index in [1.807, 2.05) is 103 Å². The molecule has 0 aliphatic carbocycles. The number of aromatic nitrogens is 5. The normalized spacial score (nSPS) is 17.4. The molecule has 11 heteroatoms. The number of piperidine rings is 1. The summed E-state index contributed by atoms with van der Waals surface area (Å²) in [5.41, 5.74) is 13.1. The van der Waals surface area contributed by atoms with Gasteiger partial charge in [0.05, 0.1) is 29.2 Å². The van der Waals surface area contributed by atoms with Gasteiger partial charge in [-0.25, -0.2) is 9.97 Å². The lowest BCUT2D eigenvalue weighted by Gasteiger charge is -2.44. The Bertz CT molecular complexity index is 2770. The number of carbonyl (C=O) groups excluding carboxylic acids is 2. The molecule has 9 rings (SSSR count). The van der Waals surface area contributed by atoms with Crippen molar-refractivity contribution in [3.8, 4) is 22.5 Å². The van der Waals surface area contributed by atoms with E-state index < -0.39 is 0 Å². The van der Waals surface area contributed by atoms with Gasteiger partial charge in [0.25, 0.3) is 11.8 Å². The zero-order valence-corrected chi connectivity index (χ0v) is 38.4. The van der Waals surface area contributed by atoms with Crippen LogP contribution in [-0.4, -0.2) is 90.7 Å². The standard InChI is InChI=1S/C54H59N9O2/c1-35-11-9-25-55-48(35)46-15-8-16-47(49-36(2)12-10-26-56-49)63(46)32-29-61-27-30-62(31-28-61)53(65)40-19-17-38(18-20-40)45-33-43-50(57-34-58-51(43)59-45)42-13-7-14-44(37(42)3)60-52(64)39-21-23-41(24-22-39)54(4,5)6/h7,9-14,17-26,33-34,46-47H,8,15-16,27-32H2,1-6H3,(H,60,64)(H,57,58,59). The van der Waals surface area contributed by atoms with E-state index >= 15 is 0 Å². The molecule has 65 heavy (non-hydrogen) atoms. The number of amides is 2. The van der Waals surface area contributed by atoms with E-state index in [1.165, 1.54) is 28.1 Å². The van der Waals surface area contributed by atoms with Crippen molar-refractivity contribution in [1.82, 2.24) is 39.6 Å². The first-order valence-electron chi connectivity index (χ1n) is 23.0. The van der Waals surface area contributed by atoms with Crippen LogP contribution in [0.4, 0.5) is 5.69 Å². The fourth-order valence-corrected chi connectivity index (χ4v) is 9.71. The zero-order valence-electron chi connectivity index (χ0n) is 38.4. The van der Waals surface area contributed by atoms with Crippen molar-refractivity contribution in [3.63, 3.8) is 0 Å². The van der Waals surface area contributed by atoms with Crippen molar-refractivity contribution in [2.45, 2.75) is 78.3 Å². The largest absolute Gasteiger partial charge is 0.339 e. The number of hydrogen-bond donors (Lipinski definition) is 2. The molecule has 2 aliphatic rings. The zero-order chi connectivity index (χ0) is 45.2. The number of H-pyrrole nitrogens is 1. The third-order valence-electron chi connectivity index (χ3n) is 13.5. The van der Waals surface area contributed by atoms with Gasteiger partial charge in [0.1, 0.15) is 12.0 Å². The maximum Gasteiger partial charge on any atom is 0.255 e. The monoisotopic (exact) mass is 865 g/mol. The molecular formula is C54H59N9O2. The summed E-state index contributed by atoms with van der Waals surface area (Å²) in [5.74, 6) is -0.108. The van der Waals surface area contributed by atoms with Crippen LogP contribution < -0.4 is 5.32 Å². The van der Waals surface area contributed by atoms with Gasteiger partial charge < -0.3 is 15.2 Å². The van der Waals surface area contributed by atoms with E-state index in [9.17, 15) is 9.59 Å². The molecule has 2 saturated heterocycles. The van der Waals surface area contributed by atoms with Crippen molar-refractivity contribution < 1.29 is 9.59 Å². The summed E-state index contributed by atoms with van der Waals surface area (Å²) in [5, 5.41) is 3.99. The van der Waals surface area contributed by atoms with Crippen LogP contribution >= 0.6 is 0 Å². The lowest BCUT2D eigenvalue weighted by atomic mass is 9.86. The molecule has 2 unspecified atom stereocenters. The molecule has 0 radical (unpaired) electrons. The van der Waals surface area contributed by atoms with Crippen LogP contribution in [0.1, 0.15) is 106 Å². The van der Waals surface area contributed by atoms with Crippen LogP contribution in [0.5, 0.6) is 0 Å². The van der Waals surface area contributed by atoms with Crippen molar-refractivity contribution >= 4 is 28.5 Å². The second-order valence-electron chi connectivity index (χ2n) is 18.7. The van der Waals surface area contributed by atoms with E-state index in [2.05, 4.69) is 77.9 Å². The molecule has 11 nitrogen and oxygen atoms in total. The first kappa shape index (κ1) is 43.7. The molecule has 2 atom stereocenters. The summed E-state index contributed by atoms with van der Waals surface area (Å²) in [6.45, 7) is 17.7.